The molecule has 0 saturated heterocycles. The molecule has 1 aromatic heterocycles. The maximum absolute atomic E-state index is 6.15. The summed E-state index contributed by atoms with van der Waals surface area (Å²) in [5.74, 6) is 7.66. The fourth-order valence-corrected chi connectivity index (χ4v) is 2.94. The first-order chi connectivity index (χ1) is 11.4. The van der Waals surface area contributed by atoms with Gasteiger partial charge in [0.15, 0.2) is 5.82 Å². The number of thioether (sulfide) groups is 1. The van der Waals surface area contributed by atoms with Crippen LogP contribution in [0.4, 0.5) is 0 Å². The highest BCUT2D eigenvalue weighted by molar-refractivity contribution is 7.99. The van der Waals surface area contributed by atoms with Crippen LogP contribution in [0.15, 0.2) is 29.4 Å². The van der Waals surface area contributed by atoms with E-state index in [4.69, 9.17) is 10.6 Å². The Balaban J connectivity index is 1.97. The maximum atomic E-state index is 6.15. The minimum Gasteiger partial charge on any atom is -0.381 e. The van der Waals surface area contributed by atoms with E-state index >= 15 is 0 Å². The maximum Gasteiger partial charge on any atom is 0.210 e. The first-order valence-electron chi connectivity index (χ1n) is 8.45. The van der Waals surface area contributed by atoms with Crippen molar-refractivity contribution in [2.75, 3.05) is 24.8 Å². The average molecular weight is 349 g/mol. The lowest BCUT2D eigenvalue weighted by Gasteiger charge is -2.19. The SMILES string of the molecule is CCCCOCCSc1nnc(-c2ccc(C(C)(C)C)cc2)n1N. The summed E-state index contributed by atoms with van der Waals surface area (Å²) in [6.45, 7) is 10.3. The summed E-state index contributed by atoms with van der Waals surface area (Å²) in [5.41, 5.74) is 2.39. The molecule has 0 amide bonds. The Bertz CT molecular complexity index is 631. The molecule has 1 aromatic carbocycles. The van der Waals surface area contributed by atoms with Crippen molar-refractivity contribution >= 4 is 11.8 Å². The topological polar surface area (TPSA) is 66.0 Å². The normalized spacial score (nSPS) is 11.8. The molecular formula is C18H28N4OS. The summed E-state index contributed by atoms with van der Waals surface area (Å²) in [6, 6.07) is 8.35. The molecule has 0 aliphatic carbocycles. The van der Waals surface area contributed by atoms with Crippen LogP contribution in [0.5, 0.6) is 0 Å². The zero-order chi connectivity index (χ0) is 17.6. The van der Waals surface area contributed by atoms with E-state index in [2.05, 4.69) is 62.2 Å². The van der Waals surface area contributed by atoms with Crippen molar-refractivity contribution in [1.29, 1.82) is 0 Å². The molecule has 2 aromatic rings. The van der Waals surface area contributed by atoms with Gasteiger partial charge in [-0.2, -0.15) is 0 Å². The van der Waals surface area contributed by atoms with Gasteiger partial charge in [0.25, 0.3) is 0 Å². The molecule has 1 heterocycles. The lowest BCUT2D eigenvalue weighted by atomic mass is 9.87. The standard InChI is InChI=1S/C18H28N4OS/c1-5-6-11-23-12-13-24-17-21-20-16(22(17)19)14-7-9-15(10-8-14)18(2,3)4/h7-10H,5-6,11-13,19H2,1-4H3. The van der Waals surface area contributed by atoms with Crippen molar-refractivity contribution in [3.05, 3.63) is 29.8 Å². The number of ether oxygens (including phenoxy) is 1. The Labute approximate surface area is 149 Å². The summed E-state index contributed by atoms with van der Waals surface area (Å²) in [4.78, 5) is 0. The molecule has 0 aliphatic heterocycles. The zero-order valence-corrected chi connectivity index (χ0v) is 15.9. The molecular weight excluding hydrogens is 320 g/mol. The summed E-state index contributed by atoms with van der Waals surface area (Å²) < 4.78 is 7.11. The van der Waals surface area contributed by atoms with Gasteiger partial charge in [-0.1, -0.05) is 70.1 Å². The third kappa shape index (κ3) is 4.98. The highest BCUT2D eigenvalue weighted by atomic mass is 32.2. The van der Waals surface area contributed by atoms with Gasteiger partial charge in [0.2, 0.25) is 5.16 Å². The molecule has 0 unspecified atom stereocenters. The van der Waals surface area contributed by atoms with Gasteiger partial charge in [-0.05, 0) is 17.4 Å². The molecule has 2 rings (SSSR count). The molecule has 2 N–H and O–H groups in total. The van der Waals surface area contributed by atoms with Gasteiger partial charge < -0.3 is 10.6 Å². The van der Waals surface area contributed by atoms with Crippen LogP contribution in [-0.4, -0.2) is 33.8 Å². The van der Waals surface area contributed by atoms with Crippen molar-refractivity contribution in [1.82, 2.24) is 14.9 Å². The Hall–Kier alpha value is -1.53. The molecule has 24 heavy (non-hydrogen) atoms. The van der Waals surface area contributed by atoms with Gasteiger partial charge in [-0.25, -0.2) is 4.68 Å². The van der Waals surface area contributed by atoms with Crippen LogP contribution in [0.3, 0.4) is 0 Å². The molecule has 6 heteroatoms. The minimum absolute atomic E-state index is 0.133. The lowest BCUT2D eigenvalue weighted by Crippen LogP contribution is -2.13. The van der Waals surface area contributed by atoms with E-state index in [9.17, 15) is 0 Å². The van der Waals surface area contributed by atoms with Crippen LogP contribution in [-0.2, 0) is 10.2 Å². The number of unbranched alkanes of at least 4 members (excludes halogenated alkanes) is 1. The number of rotatable bonds is 8. The first kappa shape index (κ1) is 18.8. The largest absolute Gasteiger partial charge is 0.381 e. The second-order valence-electron chi connectivity index (χ2n) is 6.82. The van der Waals surface area contributed by atoms with E-state index in [0.717, 1.165) is 30.8 Å². The van der Waals surface area contributed by atoms with Crippen LogP contribution < -0.4 is 5.84 Å². The Morgan fingerprint density at radius 3 is 2.46 bits per heavy atom. The predicted molar refractivity (Wildman–Crippen MR) is 101 cm³/mol. The van der Waals surface area contributed by atoms with E-state index in [-0.39, 0.29) is 5.41 Å². The van der Waals surface area contributed by atoms with Gasteiger partial charge in [0, 0.05) is 17.9 Å². The predicted octanol–water partition coefficient (Wildman–Crippen LogP) is 3.87. The summed E-state index contributed by atoms with van der Waals surface area (Å²) in [6.07, 6.45) is 2.26. The van der Waals surface area contributed by atoms with Gasteiger partial charge in [-0.3, -0.25) is 0 Å². The van der Waals surface area contributed by atoms with Crippen LogP contribution in [0.2, 0.25) is 0 Å². The number of nitrogens with zero attached hydrogens (tertiary/aromatic N) is 3. The number of benzene rings is 1. The first-order valence-corrected chi connectivity index (χ1v) is 9.44. The quantitative estimate of drug-likeness (QED) is 0.446. The molecule has 132 valence electrons. The Morgan fingerprint density at radius 1 is 1.12 bits per heavy atom. The van der Waals surface area contributed by atoms with E-state index in [1.54, 1.807) is 16.4 Å². The van der Waals surface area contributed by atoms with Gasteiger partial charge >= 0.3 is 0 Å². The fraction of sp³-hybridized carbons (Fsp3) is 0.556. The minimum atomic E-state index is 0.133. The molecule has 5 nitrogen and oxygen atoms in total. The average Bonchev–Trinajstić information content (AvgIpc) is 2.91. The van der Waals surface area contributed by atoms with Crippen molar-refractivity contribution in [2.24, 2.45) is 0 Å². The summed E-state index contributed by atoms with van der Waals surface area (Å²) >= 11 is 1.57. The Kier molecular flexibility index (Phi) is 6.69. The highest BCUT2D eigenvalue weighted by Gasteiger charge is 2.15. The van der Waals surface area contributed by atoms with Crippen LogP contribution in [0.25, 0.3) is 11.4 Å². The number of aromatic nitrogens is 3. The van der Waals surface area contributed by atoms with Crippen molar-refractivity contribution in [2.45, 2.75) is 51.1 Å². The van der Waals surface area contributed by atoms with Gasteiger partial charge in [0.05, 0.1) is 6.61 Å². The molecule has 0 aliphatic rings. The van der Waals surface area contributed by atoms with Gasteiger partial charge in [-0.15, -0.1) is 10.2 Å². The van der Waals surface area contributed by atoms with E-state index in [1.807, 2.05) is 0 Å². The zero-order valence-electron chi connectivity index (χ0n) is 15.1. The monoisotopic (exact) mass is 348 g/mol. The number of nitrogen functional groups attached to an aromatic ring is 1. The van der Waals surface area contributed by atoms with Crippen LogP contribution in [0.1, 0.15) is 46.1 Å². The number of hydrogen-bond donors (Lipinski definition) is 1. The molecule has 0 saturated carbocycles. The summed E-state index contributed by atoms with van der Waals surface area (Å²) in [5, 5.41) is 9.14. The number of hydrogen-bond acceptors (Lipinski definition) is 5. The third-order valence-electron chi connectivity index (χ3n) is 3.77. The Morgan fingerprint density at radius 2 is 1.83 bits per heavy atom. The third-order valence-corrected chi connectivity index (χ3v) is 4.68. The smallest absolute Gasteiger partial charge is 0.210 e. The van der Waals surface area contributed by atoms with E-state index in [1.165, 1.54) is 5.56 Å². The van der Waals surface area contributed by atoms with Crippen LogP contribution >= 0.6 is 11.8 Å². The summed E-state index contributed by atoms with van der Waals surface area (Å²) in [7, 11) is 0. The highest BCUT2D eigenvalue weighted by Crippen LogP contribution is 2.26. The molecule has 0 spiro atoms. The number of nitrogens with two attached hydrogens (primary N) is 1. The van der Waals surface area contributed by atoms with E-state index < -0.39 is 0 Å². The van der Waals surface area contributed by atoms with E-state index in [0.29, 0.717) is 17.6 Å². The van der Waals surface area contributed by atoms with Crippen LogP contribution in [0, 0.1) is 0 Å². The molecule has 0 radical (unpaired) electrons. The molecule has 0 atom stereocenters. The van der Waals surface area contributed by atoms with Crippen molar-refractivity contribution in [3.63, 3.8) is 0 Å². The second-order valence-corrected chi connectivity index (χ2v) is 7.88. The van der Waals surface area contributed by atoms with Crippen molar-refractivity contribution < 1.29 is 4.74 Å². The fourth-order valence-electron chi connectivity index (χ4n) is 2.23. The lowest BCUT2D eigenvalue weighted by molar-refractivity contribution is 0.147. The second kappa shape index (κ2) is 8.53. The molecule has 0 fully saturated rings. The van der Waals surface area contributed by atoms with Crippen molar-refractivity contribution in [3.8, 4) is 11.4 Å². The molecule has 0 bridgehead atoms. The van der Waals surface area contributed by atoms with Gasteiger partial charge in [0.1, 0.15) is 0 Å².